The van der Waals surface area contributed by atoms with Crippen LogP contribution in [0.4, 0.5) is 0 Å². The van der Waals surface area contributed by atoms with Crippen LogP contribution in [-0.2, 0) is 9.53 Å². The third-order valence-electron chi connectivity index (χ3n) is 2.76. The van der Waals surface area contributed by atoms with Gasteiger partial charge in [0.05, 0.1) is 6.10 Å². The summed E-state index contributed by atoms with van der Waals surface area (Å²) in [5.74, 6) is -1.60. The van der Waals surface area contributed by atoms with Gasteiger partial charge in [0.2, 0.25) is 0 Å². The molecule has 5 atom stereocenters. The van der Waals surface area contributed by atoms with Crippen LogP contribution < -0.4 is 0 Å². The van der Waals surface area contributed by atoms with E-state index in [9.17, 15) is 25.2 Å². The van der Waals surface area contributed by atoms with Crippen molar-refractivity contribution in [3.8, 4) is 0 Å². The van der Waals surface area contributed by atoms with E-state index in [0.717, 1.165) is 0 Å². The highest BCUT2D eigenvalue weighted by Crippen LogP contribution is 2.32. The third-order valence-corrected chi connectivity index (χ3v) is 2.76. The van der Waals surface area contributed by atoms with Crippen LogP contribution in [0.25, 0.3) is 0 Å². The summed E-state index contributed by atoms with van der Waals surface area (Å²) in [5, 5.41) is 47.0. The Morgan fingerprint density at radius 3 is 2.38 bits per heavy atom. The van der Waals surface area contributed by atoms with Crippen LogP contribution in [0.2, 0.25) is 0 Å². The number of carbonyl (C=O) groups is 1. The van der Waals surface area contributed by atoms with Crippen LogP contribution in [0.15, 0.2) is 0 Å². The highest BCUT2D eigenvalue weighted by atomic mass is 16.5. The van der Waals surface area contributed by atoms with Crippen LogP contribution in [0, 0.1) is 0 Å². The van der Waals surface area contributed by atoms with E-state index >= 15 is 0 Å². The van der Waals surface area contributed by atoms with E-state index in [1.165, 1.54) is 0 Å². The lowest BCUT2D eigenvalue weighted by molar-refractivity contribution is -0.237. The zero-order valence-corrected chi connectivity index (χ0v) is 8.78. The second kappa shape index (κ2) is 4.64. The van der Waals surface area contributed by atoms with Gasteiger partial charge in [0, 0.05) is 13.0 Å². The lowest BCUT2D eigenvalue weighted by atomic mass is 9.77. The Labute approximate surface area is 91.9 Å². The largest absolute Gasteiger partial charge is 0.479 e. The minimum atomic E-state index is -2.39. The summed E-state index contributed by atoms with van der Waals surface area (Å²) in [6.07, 6.45) is -6.74. The van der Waals surface area contributed by atoms with Crippen LogP contribution in [0.5, 0.6) is 0 Å². The molecule has 7 heteroatoms. The molecule has 1 aliphatic rings. The molecule has 0 aromatic rings. The Kier molecular flexibility index (Phi) is 3.87. The number of hydrogen-bond acceptors (Lipinski definition) is 6. The van der Waals surface area contributed by atoms with E-state index in [2.05, 4.69) is 0 Å². The number of carboxylic acids is 1. The highest BCUT2D eigenvalue weighted by Gasteiger charge is 2.57. The SMILES string of the molecule is CCOC1[C@H](O)C(O)[C@H](O)CC1(O)C(=O)O. The van der Waals surface area contributed by atoms with Crippen molar-refractivity contribution in [1.29, 1.82) is 0 Å². The van der Waals surface area contributed by atoms with Crippen molar-refractivity contribution in [1.82, 2.24) is 0 Å². The van der Waals surface area contributed by atoms with Gasteiger partial charge in [0.1, 0.15) is 18.3 Å². The van der Waals surface area contributed by atoms with Crippen molar-refractivity contribution in [3.63, 3.8) is 0 Å². The standard InChI is InChI=1S/C9H16O7/c1-2-16-7-6(12)5(11)4(10)3-9(7,15)8(13)14/h4-7,10-12,15H,2-3H2,1H3,(H,13,14)/t4-,5?,6-,7?,9?/m1/s1. The predicted octanol–water partition coefficient (Wildman–Crippen LogP) is -2.31. The van der Waals surface area contributed by atoms with Crippen LogP contribution in [-0.4, -0.2) is 68.1 Å². The molecule has 16 heavy (non-hydrogen) atoms. The smallest absolute Gasteiger partial charge is 0.338 e. The number of aliphatic hydroxyl groups is 4. The van der Waals surface area contributed by atoms with E-state index in [1.807, 2.05) is 0 Å². The Balaban J connectivity index is 3.00. The maximum atomic E-state index is 10.9. The fraction of sp³-hybridized carbons (Fsp3) is 0.889. The first-order chi connectivity index (χ1) is 7.34. The summed E-state index contributed by atoms with van der Waals surface area (Å²) in [6.45, 7) is 1.63. The molecule has 0 bridgehead atoms. The van der Waals surface area contributed by atoms with Gasteiger partial charge in [-0.3, -0.25) is 0 Å². The number of rotatable bonds is 3. The van der Waals surface area contributed by atoms with Crippen molar-refractivity contribution in [3.05, 3.63) is 0 Å². The molecule has 1 aliphatic carbocycles. The Morgan fingerprint density at radius 2 is 1.94 bits per heavy atom. The summed E-state index contributed by atoms with van der Waals surface area (Å²) in [6, 6.07) is 0. The summed E-state index contributed by atoms with van der Waals surface area (Å²) in [4.78, 5) is 10.9. The summed E-state index contributed by atoms with van der Waals surface area (Å²) in [7, 11) is 0. The molecule has 0 amide bonds. The maximum absolute atomic E-state index is 10.9. The molecule has 5 N–H and O–H groups in total. The van der Waals surface area contributed by atoms with Crippen LogP contribution in [0.1, 0.15) is 13.3 Å². The number of hydrogen-bond donors (Lipinski definition) is 5. The van der Waals surface area contributed by atoms with Gasteiger partial charge < -0.3 is 30.3 Å². The first-order valence-corrected chi connectivity index (χ1v) is 4.96. The fourth-order valence-electron chi connectivity index (χ4n) is 1.87. The third kappa shape index (κ3) is 2.04. The molecule has 0 aromatic carbocycles. The van der Waals surface area contributed by atoms with Crippen molar-refractivity contribution >= 4 is 5.97 Å². The first kappa shape index (κ1) is 13.3. The van der Waals surface area contributed by atoms with E-state index in [1.54, 1.807) is 6.92 Å². The monoisotopic (exact) mass is 236 g/mol. The van der Waals surface area contributed by atoms with Crippen LogP contribution in [0.3, 0.4) is 0 Å². The molecule has 1 fully saturated rings. The summed E-state index contributed by atoms with van der Waals surface area (Å²) < 4.78 is 4.94. The Morgan fingerprint density at radius 1 is 1.38 bits per heavy atom. The highest BCUT2D eigenvalue weighted by molar-refractivity contribution is 5.78. The molecule has 94 valence electrons. The second-order valence-electron chi connectivity index (χ2n) is 3.86. The predicted molar refractivity (Wildman–Crippen MR) is 50.6 cm³/mol. The van der Waals surface area contributed by atoms with Gasteiger partial charge in [0.15, 0.2) is 5.60 Å². The van der Waals surface area contributed by atoms with Crippen molar-refractivity contribution in [2.24, 2.45) is 0 Å². The molecule has 3 unspecified atom stereocenters. The molecule has 0 aliphatic heterocycles. The van der Waals surface area contributed by atoms with E-state index in [4.69, 9.17) is 9.84 Å². The molecule has 0 aromatic heterocycles. The lowest BCUT2D eigenvalue weighted by Gasteiger charge is -2.43. The van der Waals surface area contributed by atoms with Crippen molar-refractivity contribution in [2.75, 3.05) is 6.61 Å². The van der Waals surface area contributed by atoms with Crippen LogP contribution >= 0.6 is 0 Å². The van der Waals surface area contributed by atoms with Gasteiger partial charge in [-0.1, -0.05) is 0 Å². The van der Waals surface area contributed by atoms with Crippen molar-refractivity contribution in [2.45, 2.75) is 43.4 Å². The van der Waals surface area contributed by atoms with Crippen molar-refractivity contribution < 1.29 is 35.1 Å². The number of ether oxygens (including phenoxy) is 1. The van der Waals surface area contributed by atoms with Gasteiger partial charge in [-0.15, -0.1) is 0 Å². The van der Waals surface area contributed by atoms with Gasteiger partial charge in [0.25, 0.3) is 0 Å². The average Bonchev–Trinajstić information content (AvgIpc) is 2.21. The first-order valence-electron chi connectivity index (χ1n) is 4.96. The molecule has 0 spiro atoms. The second-order valence-corrected chi connectivity index (χ2v) is 3.86. The van der Waals surface area contributed by atoms with Gasteiger partial charge in [-0.2, -0.15) is 0 Å². The molecular formula is C9H16O7. The van der Waals surface area contributed by atoms with Gasteiger partial charge >= 0.3 is 5.97 Å². The van der Waals surface area contributed by atoms with Gasteiger partial charge in [-0.25, -0.2) is 4.79 Å². The Hall–Kier alpha value is -0.730. The molecule has 1 rings (SSSR count). The molecule has 1 saturated carbocycles. The number of carboxylic acid groups (broad SMARTS) is 1. The molecule has 0 heterocycles. The average molecular weight is 236 g/mol. The minimum Gasteiger partial charge on any atom is -0.479 e. The summed E-state index contributed by atoms with van der Waals surface area (Å²) >= 11 is 0. The van der Waals surface area contributed by atoms with E-state index in [0.29, 0.717) is 0 Å². The van der Waals surface area contributed by atoms with Gasteiger partial charge in [-0.05, 0) is 6.92 Å². The lowest BCUT2D eigenvalue weighted by Crippen LogP contribution is -2.66. The quantitative estimate of drug-likeness (QED) is 0.372. The molecule has 7 nitrogen and oxygen atoms in total. The van der Waals surface area contributed by atoms with E-state index < -0.39 is 42.4 Å². The zero-order chi connectivity index (χ0) is 12.5. The minimum absolute atomic E-state index is 0.0696. The molecule has 0 saturated heterocycles. The zero-order valence-electron chi connectivity index (χ0n) is 8.78. The fourth-order valence-corrected chi connectivity index (χ4v) is 1.87. The van der Waals surface area contributed by atoms with E-state index in [-0.39, 0.29) is 6.61 Å². The number of aliphatic carboxylic acids is 1. The molecular weight excluding hydrogens is 220 g/mol. The number of aliphatic hydroxyl groups excluding tert-OH is 3. The maximum Gasteiger partial charge on any atom is 0.338 e. The normalized spacial score (nSPS) is 44.3. The summed E-state index contributed by atoms with van der Waals surface area (Å²) in [5.41, 5.74) is -2.39. The molecule has 0 radical (unpaired) electrons. The Bertz CT molecular complexity index is 269. The topological polar surface area (TPSA) is 127 Å².